The fourth-order valence-electron chi connectivity index (χ4n) is 5.74. The zero-order chi connectivity index (χ0) is 31.7. The maximum absolute atomic E-state index is 13.3. The Hall–Kier alpha value is -3.97. The minimum absolute atomic E-state index is 0.0365. The first-order valence-electron chi connectivity index (χ1n) is 14.8. The second-order valence-electron chi connectivity index (χ2n) is 11.2. The highest BCUT2D eigenvalue weighted by Gasteiger charge is 2.34. The summed E-state index contributed by atoms with van der Waals surface area (Å²) in [5.74, 6) is 0.589. The number of rotatable bonds is 8. The molecule has 3 heterocycles. The summed E-state index contributed by atoms with van der Waals surface area (Å²) in [6.45, 7) is 3.43. The van der Waals surface area contributed by atoms with E-state index in [1.165, 1.54) is 35.6 Å². The number of sulfonamides is 1. The molecule has 0 spiro atoms. The summed E-state index contributed by atoms with van der Waals surface area (Å²) in [6.07, 6.45) is 1.74. The number of ether oxygens (including phenoxy) is 4. The Bertz CT molecular complexity index is 1780. The van der Waals surface area contributed by atoms with Crippen LogP contribution in [-0.4, -0.2) is 66.2 Å². The average molecular weight is 639 g/mol. The first-order valence-corrected chi connectivity index (χ1v) is 16.6. The first-order chi connectivity index (χ1) is 21.6. The fraction of sp³-hybridized carbons (Fsp3) is 0.364. The van der Waals surface area contributed by atoms with E-state index in [-0.39, 0.29) is 31.0 Å². The standard InChI is InChI=1S/C33H35FN2O8S/c1-20-27-16-28-30(17-29(27)36(45(3,38)39)18-26(42-20)19-41-23-12-14-40-15-13-23)44-32(31(28)33(37)35-2)21-4-8-24(9-5-21)43-25-10-6-22(34)7-11-25/h4-11,16-17,20,23,26H,12-15,18-19H2,1-3H3,(H,35,37). The van der Waals surface area contributed by atoms with E-state index in [9.17, 15) is 17.6 Å². The van der Waals surface area contributed by atoms with Crippen LogP contribution in [0, 0.1) is 5.82 Å². The molecule has 2 atom stereocenters. The Balaban J connectivity index is 1.35. The van der Waals surface area contributed by atoms with Crippen molar-refractivity contribution in [1.29, 1.82) is 0 Å². The molecule has 3 aromatic carbocycles. The number of carbonyl (C=O) groups is 1. The Kier molecular flexibility index (Phi) is 8.82. The number of hydrogen-bond donors (Lipinski definition) is 1. The molecule has 1 N–H and O–H groups in total. The van der Waals surface area contributed by atoms with Gasteiger partial charge in [0.05, 0.1) is 42.9 Å². The third-order valence-electron chi connectivity index (χ3n) is 8.02. The largest absolute Gasteiger partial charge is 0.457 e. The first kappa shape index (κ1) is 31.0. The Morgan fingerprint density at radius 3 is 2.36 bits per heavy atom. The molecule has 1 fully saturated rings. The lowest BCUT2D eigenvalue weighted by Crippen LogP contribution is -2.39. The van der Waals surface area contributed by atoms with Crippen LogP contribution in [0.1, 0.15) is 41.8 Å². The third-order valence-corrected chi connectivity index (χ3v) is 9.16. The molecular formula is C33H35FN2O8S. The number of amides is 1. The van der Waals surface area contributed by atoms with E-state index in [0.29, 0.717) is 63.8 Å². The van der Waals surface area contributed by atoms with Crippen LogP contribution in [0.15, 0.2) is 65.1 Å². The molecule has 0 aliphatic carbocycles. The molecule has 12 heteroatoms. The highest BCUT2D eigenvalue weighted by atomic mass is 32.2. The smallest absolute Gasteiger partial charge is 0.255 e. The number of nitrogens with zero attached hydrogens (tertiary/aromatic N) is 1. The van der Waals surface area contributed by atoms with Crippen molar-refractivity contribution >= 4 is 32.6 Å². The van der Waals surface area contributed by atoms with Crippen LogP contribution in [0.2, 0.25) is 0 Å². The van der Waals surface area contributed by atoms with E-state index in [0.717, 1.165) is 19.1 Å². The number of nitrogens with one attached hydrogen (secondary N) is 1. The molecule has 238 valence electrons. The molecule has 0 bridgehead atoms. The normalized spacial score (nSPS) is 19.2. The molecule has 2 aliphatic rings. The Morgan fingerprint density at radius 1 is 1.04 bits per heavy atom. The van der Waals surface area contributed by atoms with Crippen LogP contribution >= 0.6 is 0 Å². The van der Waals surface area contributed by atoms with Gasteiger partial charge in [-0.1, -0.05) is 0 Å². The summed E-state index contributed by atoms with van der Waals surface area (Å²) >= 11 is 0. The second-order valence-corrected chi connectivity index (χ2v) is 13.1. The van der Waals surface area contributed by atoms with Crippen LogP contribution in [0.3, 0.4) is 0 Å². The van der Waals surface area contributed by atoms with E-state index in [2.05, 4.69) is 5.32 Å². The molecule has 0 radical (unpaired) electrons. The maximum Gasteiger partial charge on any atom is 0.255 e. The average Bonchev–Trinajstić information content (AvgIpc) is 3.34. The fourth-order valence-corrected chi connectivity index (χ4v) is 6.69. The number of anilines is 1. The van der Waals surface area contributed by atoms with Crippen LogP contribution in [0.5, 0.6) is 11.5 Å². The van der Waals surface area contributed by atoms with Crippen molar-refractivity contribution in [2.24, 2.45) is 0 Å². The van der Waals surface area contributed by atoms with Gasteiger partial charge in [-0.05, 0) is 74.4 Å². The lowest BCUT2D eigenvalue weighted by atomic mass is 10.0. The second kappa shape index (κ2) is 12.8. The molecular weight excluding hydrogens is 603 g/mol. The van der Waals surface area contributed by atoms with Crippen molar-refractivity contribution in [3.63, 3.8) is 0 Å². The van der Waals surface area contributed by atoms with Gasteiger partial charge in [-0.3, -0.25) is 9.10 Å². The molecule has 1 aromatic heterocycles. The molecule has 1 saturated heterocycles. The van der Waals surface area contributed by atoms with Gasteiger partial charge < -0.3 is 28.7 Å². The Morgan fingerprint density at radius 2 is 1.71 bits per heavy atom. The zero-order valence-corrected chi connectivity index (χ0v) is 26.1. The van der Waals surface area contributed by atoms with Crippen LogP contribution < -0.4 is 14.4 Å². The van der Waals surface area contributed by atoms with Gasteiger partial charge in [-0.25, -0.2) is 12.8 Å². The monoisotopic (exact) mass is 638 g/mol. The molecule has 6 rings (SSSR count). The van der Waals surface area contributed by atoms with Crippen molar-refractivity contribution in [3.05, 3.63) is 77.6 Å². The number of benzene rings is 3. The highest BCUT2D eigenvalue weighted by molar-refractivity contribution is 7.92. The van der Waals surface area contributed by atoms with Gasteiger partial charge >= 0.3 is 0 Å². The lowest BCUT2D eigenvalue weighted by molar-refractivity contribution is -0.0876. The summed E-state index contributed by atoms with van der Waals surface area (Å²) in [5.41, 5.74) is 2.32. The Labute approximate surface area is 261 Å². The van der Waals surface area contributed by atoms with Crippen LogP contribution in [0.4, 0.5) is 10.1 Å². The molecule has 2 aliphatic heterocycles. The van der Waals surface area contributed by atoms with Crippen molar-refractivity contribution in [2.75, 3.05) is 44.0 Å². The summed E-state index contributed by atoms with van der Waals surface area (Å²) in [7, 11) is -2.18. The van der Waals surface area contributed by atoms with Crippen molar-refractivity contribution in [2.45, 2.75) is 38.1 Å². The van der Waals surface area contributed by atoms with Crippen LogP contribution in [-0.2, 0) is 24.2 Å². The van der Waals surface area contributed by atoms with Gasteiger partial charge in [0.1, 0.15) is 34.8 Å². The molecule has 4 aromatic rings. The van der Waals surface area contributed by atoms with Crippen molar-refractivity contribution in [3.8, 4) is 22.8 Å². The number of hydrogen-bond acceptors (Lipinski definition) is 8. The number of furan rings is 1. The van der Waals surface area contributed by atoms with E-state index >= 15 is 0 Å². The molecule has 45 heavy (non-hydrogen) atoms. The number of carbonyl (C=O) groups excluding carboxylic acids is 1. The van der Waals surface area contributed by atoms with Crippen LogP contribution in [0.25, 0.3) is 22.3 Å². The van der Waals surface area contributed by atoms with Gasteiger partial charge in [0.2, 0.25) is 10.0 Å². The molecule has 10 nitrogen and oxygen atoms in total. The van der Waals surface area contributed by atoms with Gasteiger partial charge in [0.15, 0.2) is 0 Å². The third kappa shape index (κ3) is 6.69. The van der Waals surface area contributed by atoms with E-state index in [1.807, 2.05) is 6.92 Å². The molecule has 0 saturated carbocycles. The van der Waals surface area contributed by atoms with E-state index in [4.69, 9.17) is 23.4 Å². The lowest BCUT2D eigenvalue weighted by Gasteiger charge is -2.27. The summed E-state index contributed by atoms with van der Waals surface area (Å²) in [4.78, 5) is 13.3. The molecule has 1 amide bonds. The number of halogens is 1. The number of fused-ring (bicyclic) bond motifs is 2. The van der Waals surface area contributed by atoms with Gasteiger partial charge in [-0.2, -0.15) is 0 Å². The quantitative estimate of drug-likeness (QED) is 0.257. The summed E-state index contributed by atoms with van der Waals surface area (Å²) < 4.78 is 70.8. The van der Waals surface area contributed by atoms with Crippen molar-refractivity contribution in [1.82, 2.24) is 5.32 Å². The molecule has 2 unspecified atom stereocenters. The maximum atomic E-state index is 13.3. The van der Waals surface area contributed by atoms with Crippen molar-refractivity contribution < 1.29 is 41.0 Å². The minimum atomic E-state index is -3.72. The topological polar surface area (TPSA) is 117 Å². The van der Waals surface area contributed by atoms with Gasteiger partial charge in [0, 0.05) is 42.8 Å². The summed E-state index contributed by atoms with van der Waals surface area (Å²) in [5, 5.41) is 3.22. The van der Waals surface area contributed by atoms with E-state index < -0.39 is 22.2 Å². The van der Waals surface area contributed by atoms with Gasteiger partial charge in [-0.15, -0.1) is 0 Å². The SMILES string of the molecule is CNC(=O)c1c(-c2ccc(Oc3ccc(F)cc3)cc2)oc2cc3c(cc12)C(C)OC(COC1CCOCC1)CN3S(C)(=O)=O. The van der Waals surface area contributed by atoms with E-state index in [1.54, 1.807) is 36.4 Å². The predicted octanol–water partition coefficient (Wildman–Crippen LogP) is 5.81. The summed E-state index contributed by atoms with van der Waals surface area (Å²) in [6, 6.07) is 16.1. The highest BCUT2D eigenvalue weighted by Crippen LogP contribution is 2.42. The predicted molar refractivity (Wildman–Crippen MR) is 167 cm³/mol. The van der Waals surface area contributed by atoms with Gasteiger partial charge in [0.25, 0.3) is 5.91 Å². The minimum Gasteiger partial charge on any atom is -0.457 e. The zero-order valence-electron chi connectivity index (χ0n) is 25.2.